The van der Waals surface area contributed by atoms with Crippen molar-refractivity contribution >= 4 is 38.9 Å². The van der Waals surface area contributed by atoms with Gasteiger partial charge in [-0.2, -0.15) is 0 Å². The highest BCUT2D eigenvalue weighted by atomic mass is 15.1. The van der Waals surface area contributed by atoms with Crippen LogP contribution in [-0.4, -0.2) is 4.57 Å². The van der Waals surface area contributed by atoms with E-state index in [0.29, 0.717) is 0 Å². The summed E-state index contributed by atoms with van der Waals surface area (Å²) in [6.45, 7) is 0. The van der Waals surface area contributed by atoms with Gasteiger partial charge in [-0.1, -0.05) is 249 Å². The third kappa shape index (κ3) is 5.01. The highest BCUT2D eigenvalue weighted by Crippen LogP contribution is 2.68. The Morgan fingerprint density at radius 2 is 0.590 bits per heavy atom. The molecule has 0 amide bonds. The van der Waals surface area contributed by atoms with E-state index in [1.54, 1.807) is 0 Å². The van der Waals surface area contributed by atoms with Crippen molar-refractivity contribution in [1.29, 1.82) is 0 Å². The maximum atomic E-state index is 2.65. The van der Waals surface area contributed by atoms with Gasteiger partial charge < -0.3 is 9.47 Å². The van der Waals surface area contributed by atoms with Crippen molar-refractivity contribution in [1.82, 2.24) is 4.57 Å². The summed E-state index contributed by atoms with van der Waals surface area (Å²) in [6, 6.07) is 112. The van der Waals surface area contributed by atoms with Gasteiger partial charge in [0.05, 0.1) is 38.7 Å². The van der Waals surface area contributed by atoms with Crippen molar-refractivity contribution in [2.75, 3.05) is 4.90 Å². The van der Waals surface area contributed by atoms with Gasteiger partial charge >= 0.3 is 0 Å². The standard InChI is InChI=1S/C81H48N2/c1-9-30-62-51(21-1)52-22-2-10-31-63(52)79(62)66-34-13-5-25-55(66)57-45-43-49(47-72(57)79)82(50-44-46-58-56-26-6-14-35-67(56)80(73(58)48-50)64-32-11-3-23-53(64)54-24-4-12-33-65(54)80)76-42-20-38-70-77(76)61-28-7-15-36-68(61)81(70)69-37-16-18-41-75(69)83-74-40-17-8-27-59(74)60-29-19-39-71(81)78(60)83/h1-48H. The zero-order valence-corrected chi connectivity index (χ0v) is 45.1. The van der Waals surface area contributed by atoms with Crippen molar-refractivity contribution in [2.24, 2.45) is 0 Å². The Morgan fingerprint density at radius 3 is 1.10 bits per heavy atom. The SMILES string of the molecule is c1ccc2c(c1)-c1ccccc1C21c2ccccc2-c2ccc(N(c3ccc4c(c3)C3(c5ccccc5-c5ccccc53)c3ccccc3-4)c3cccc4c3-c3ccccc3C43c4ccccc4-n4c5ccccc5c5cccc3c54)cc21. The molecule has 0 fully saturated rings. The smallest absolute Gasteiger partial charge is 0.0755 e. The Kier molecular flexibility index (Phi) is 8.24. The first-order valence-corrected chi connectivity index (χ1v) is 29.3. The van der Waals surface area contributed by atoms with Crippen molar-refractivity contribution in [3.05, 3.63) is 358 Å². The second-order valence-electron chi connectivity index (χ2n) is 23.6. The predicted octanol–water partition coefficient (Wildman–Crippen LogP) is 19.6. The molecule has 5 aliphatic carbocycles. The van der Waals surface area contributed by atoms with E-state index >= 15 is 0 Å². The number of hydrogen-bond acceptors (Lipinski definition) is 1. The maximum absolute atomic E-state index is 2.65. The summed E-state index contributed by atoms with van der Waals surface area (Å²) in [6.07, 6.45) is 0. The molecule has 1 aromatic heterocycles. The fourth-order valence-electron chi connectivity index (χ4n) is 17.6. The van der Waals surface area contributed by atoms with Crippen molar-refractivity contribution in [3.63, 3.8) is 0 Å². The van der Waals surface area contributed by atoms with Crippen LogP contribution in [-0.2, 0) is 16.2 Å². The summed E-state index contributed by atoms with van der Waals surface area (Å²) >= 11 is 0. The molecule has 0 N–H and O–H groups in total. The zero-order chi connectivity index (χ0) is 53.9. The van der Waals surface area contributed by atoms with Crippen LogP contribution in [0.1, 0.15) is 66.8 Å². The molecule has 83 heavy (non-hydrogen) atoms. The number of benzene rings is 13. The molecule has 0 saturated carbocycles. The van der Waals surface area contributed by atoms with Crippen LogP contribution in [0.4, 0.5) is 17.1 Å². The molecule has 0 bridgehead atoms. The summed E-state index contributed by atoms with van der Waals surface area (Å²) in [7, 11) is 0. The van der Waals surface area contributed by atoms with E-state index < -0.39 is 16.2 Å². The van der Waals surface area contributed by atoms with Gasteiger partial charge in [-0.15, -0.1) is 0 Å². The van der Waals surface area contributed by atoms with E-state index in [2.05, 4.69) is 301 Å². The number of aromatic nitrogens is 1. The largest absolute Gasteiger partial charge is 0.310 e. The molecule has 1 unspecified atom stereocenters. The number of fused-ring (bicyclic) bond motifs is 32. The second-order valence-corrected chi connectivity index (χ2v) is 23.6. The highest BCUT2D eigenvalue weighted by molar-refractivity contribution is 6.13. The van der Waals surface area contributed by atoms with E-state index in [9.17, 15) is 0 Å². The van der Waals surface area contributed by atoms with Gasteiger partial charge in [-0.3, -0.25) is 0 Å². The van der Waals surface area contributed by atoms with Crippen LogP contribution in [0.5, 0.6) is 0 Å². The Labute approximate surface area is 481 Å². The Hall–Kier alpha value is -10.5. The van der Waals surface area contributed by atoms with Crippen LogP contribution in [0.3, 0.4) is 0 Å². The molecule has 14 aromatic rings. The van der Waals surface area contributed by atoms with E-state index in [1.165, 1.54) is 150 Å². The molecular formula is C81H48N2. The summed E-state index contributed by atoms with van der Waals surface area (Å²) in [4.78, 5) is 2.65. The van der Waals surface area contributed by atoms with Crippen LogP contribution < -0.4 is 4.90 Å². The van der Waals surface area contributed by atoms with Gasteiger partial charge in [0.15, 0.2) is 0 Å². The minimum atomic E-state index is -0.629. The van der Waals surface area contributed by atoms with E-state index in [4.69, 9.17) is 0 Å². The molecule has 20 rings (SSSR count). The van der Waals surface area contributed by atoms with Crippen molar-refractivity contribution < 1.29 is 0 Å². The van der Waals surface area contributed by atoms with Gasteiger partial charge in [0.1, 0.15) is 0 Å². The molecule has 3 spiro atoms. The predicted molar refractivity (Wildman–Crippen MR) is 339 cm³/mol. The molecule has 1 atom stereocenters. The first-order valence-electron chi connectivity index (χ1n) is 29.3. The van der Waals surface area contributed by atoms with E-state index in [-0.39, 0.29) is 0 Å². The van der Waals surface area contributed by atoms with Gasteiger partial charge in [0, 0.05) is 27.7 Å². The molecule has 2 nitrogen and oxygen atoms in total. The lowest BCUT2D eigenvalue weighted by Crippen LogP contribution is -2.33. The highest BCUT2D eigenvalue weighted by Gasteiger charge is 2.55. The van der Waals surface area contributed by atoms with Crippen molar-refractivity contribution in [3.8, 4) is 61.3 Å². The minimum absolute atomic E-state index is 0.528. The summed E-state index contributed by atoms with van der Waals surface area (Å²) in [5, 5.41) is 2.55. The molecule has 6 aliphatic rings. The number of nitrogens with zero attached hydrogens (tertiary/aromatic N) is 2. The number of anilines is 3. The topological polar surface area (TPSA) is 8.17 Å². The minimum Gasteiger partial charge on any atom is -0.310 e. The second kappa shape index (κ2) is 15.5. The molecule has 0 saturated heterocycles. The van der Waals surface area contributed by atoms with E-state index in [0.717, 1.165) is 17.1 Å². The lowest BCUT2D eigenvalue weighted by molar-refractivity contribution is 0.748. The fourth-order valence-corrected chi connectivity index (χ4v) is 17.6. The quantitative estimate of drug-likeness (QED) is 0.171. The van der Waals surface area contributed by atoms with Crippen LogP contribution in [0, 0.1) is 0 Å². The van der Waals surface area contributed by atoms with Gasteiger partial charge in [-0.05, 0) is 159 Å². The zero-order valence-electron chi connectivity index (χ0n) is 45.1. The van der Waals surface area contributed by atoms with Gasteiger partial charge in [0.2, 0.25) is 0 Å². The number of hydrogen-bond donors (Lipinski definition) is 0. The molecule has 1 aliphatic heterocycles. The maximum Gasteiger partial charge on any atom is 0.0755 e. The third-order valence-corrected chi connectivity index (χ3v) is 20.4. The molecule has 13 aromatic carbocycles. The number of rotatable bonds is 3. The first-order chi connectivity index (χ1) is 41.2. The van der Waals surface area contributed by atoms with Crippen LogP contribution in [0.25, 0.3) is 83.1 Å². The Bertz CT molecular complexity index is 4940. The lowest BCUT2D eigenvalue weighted by Gasteiger charge is -2.39. The normalized spacial score (nSPS) is 16.2. The monoisotopic (exact) mass is 1050 g/mol. The van der Waals surface area contributed by atoms with E-state index in [1.807, 2.05) is 0 Å². The molecule has 2 heterocycles. The van der Waals surface area contributed by atoms with Crippen LogP contribution in [0.15, 0.2) is 291 Å². The van der Waals surface area contributed by atoms with Crippen LogP contribution >= 0.6 is 0 Å². The molecule has 382 valence electrons. The summed E-state index contributed by atoms with van der Waals surface area (Å²) in [5.41, 5.74) is 34.2. The first kappa shape index (κ1) is 44.2. The molecular weight excluding hydrogens is 1000 g/mol. The molecule has 0 radical (unpaired) electrons. The molecule has 2 heteroatoms. The van der Waals surface area contributed by atoms with Crippen LogP contribution in [0.2, 0.25) is 0 Å². The lowest BCUT2D eigenvalue weighted by atomic mass is 9.65. The van der Waals surface area contributed by atoms with Gasteiger partial charge in [0.25, 0.3) is 0 Å². The number of para-hydroxylation sites is 3. The Morgan fingerprint density at radius 1 is 0.241 bits per heavy atom. The Balaban J connectivity index is 0.911. The van der Waals surface area contributed by atoms with Crippen molar-refractivity contribution in [2.45, 2.75) is 16.2 Å². The average Bonchev–Trinajstić information content (AvgIpc) is 2.28. The summed E-state index contributed by atoms with van der Waals surface area (Å²) in [5.74, 6) is 0. The average molecular weight is 1050 g/mol. The third-order valence-electron chi connectivity index (χ3n) is 20.4. The van der Waals surface area contributed by atoms with Gasteiger partial charge in [-0.25, -0.2) is 0 Å². The fraction of sp³-hybridized carbons (Fsp3) is 0.0370. The summed E-state index contributed by atoms with van der Waals surface area (Å²) < 4.78 is 2.55.